The first kappa shape index (κ1) is 17.9. The summed E-state index contributed by atoms with van der Waals surface area (Å²) in [5.41, 5.74) is 7.51. The molecule has 0 saturated heterocycles. The smallest absolute Gasteiger partial charge is 1.00 e. The van der Waals surface area contributed by atoms with Crippen molar-refractivity contribution in [2.24, 2.45) is 5.73 Å². The van der Waals surface area contributed by atoms with Crippen LogP contribution in [-0.2, 0) is 26.7 Å². The zero-order valence-corrected chi connectivity index (χ0v) is 9.97. The summed E-state index contributed by atoms with van der Waals surface area (Å²) in [5.74, 6) is -0.261. The molecule has 0 aromatic carbocycles. The quantitative estimate of drug-likeness (QED) is 0.288. The average Bonchev–Trinajstić information content (AvgIpc) is 1.89. The van der Waals surface area contributed by atoms with Gasteiger partial charge in [-0.15, -0.1) is 0 Å². The fraction of sp³-hybridized carbons (Fsp3) is 0.800. The Morgan fingerprint density at radius 2 is 2.27 bits per heavy atom. The van der Waals surface area contributed by atoms with E-state index in [4.69, 9.17) is 5.73 Å². The van der Waals surface area contributed by atoms with Crippen molar-refractivity contribution >= 4 is 5.97 Å². The van der Waals surface area contributed by atoms with E-state index in [2.05, 4.69) is 10.3 Å². The largest absolute Gasteiger partial charge is 1.00 e. The molecule has 0 radical (unpaired) electrons. The number of nitrogens with one attached hydrogen (secondary N) is 1. The number of carbonyl (C=O) groups is 1. The van der Waals surface area contributed by atoms with E-state index in [1.807, 2.05) is 0 Å². The number of hydrogen-bond acceptors (Lipinski definition) is 4. The number of hydroxylamine groups is 1. The van der Waals surface area contributed by atoms with Crippen molar-refractivity contribution in [2.75, 3.05) is 13.1 Å². The Morgan fingerprint density at radius 1 is 1.73 bits per heavy atom. The first-order valence-corrected chi connectivity index (χ1v) is 2.93. The topological polar surface area (TPSA) is 64.3 Å². The molecule has 0 saturated carbocycles. The normalized spacial score (nSPS) is 7.45. The van der Waals surface area contributed by atoms with E-state index in [0.29, 0.717) is 19.5 Å². The zero-order chi connectivity index (χ0) is 7.11. The third-order valence-electron chi connectivity index (χ3n) is 0.721. The molecule has 6 heteroatoms. The van der Waals surface area contributed by atoms with Crippen molar-refractivity contribution in [3.63, 3.8) is 0 Å². The molecular weight excluding hydrogens is 199 g/mol. The fourth-order valence-corrected chi connectivity index (χ4v) is 0.263. The minimum Gasteiger partial charge on any atom is -1.00 e. The van der Waals surface area contributed by atoms with E-state index in [1.54, 1.807) is 6.92 Å². The Balaban J connectivity index is -0.000000107. The summed E-state index contributed by atoms with van der Waals surface area (Å²) in [4.78, 5) is 14.8. The molecule has 0 aromatic rings. The van der Waals surface area contributed by atoms with Crippen LogP contribution in [0.25, 0.3) is 0 Å². The number of rotatable bonds is 4. The van der Waals surface area contributed by atoms with Crippen LogP contribution in [0.1, 0.15) is 14.8 Å². The molecule has 3 N–H and O–H groups in total. The zero-order valence-electron chi connectivity index (χ0n) is 7.87. The molecule has 0 heterocycles. The third kappa shape index (κ3) is 13.8. The molecule has 0 unspecified atom stereocenters. The molecule has 0 fully saturated rings. The second kappa shape index (κ2) is 13.5. The fourth-order valence-electron chi connectivity index (χ4n) is 0.263. The van der Waals surface area contributed by atoms with E-state index in [1.165, 1.54) is 0 Å². The van der Waals surface area contributed by atoms with Gasteiger partial charge in [-0.1, -0.05) is 6.92 Å². The van der Waals surface area contributed by atoms with E-state index in [0.717, 1.165) is 0 Å². The molecular formula is C5H13FeN2NaO2. The van der Waals surface area contributed by atoms with Gasteiger partial charge in [-0.3, -0.25) is 4.79 Å². The summed E-state index contributed by atoms with van der Waals surface area (Å²) < 4.78 is 0. The first-order valence-electron chi connectivity index (χ1n) is 2.93. The van der Waals surface area contributed by atoms with Gasteiger partial charge in [0.15, 0.2) is 0 Å². The van der Waals surface area contributed by atoms with Crippen LogP contribution in [0, 0.1) is 0 Å². The SMILES string of the molecule is CCC(=O)ONCCN.[Fe].[H-].[Na+]. The van der Waals surface area contributed by atoms with Crippen molar-refractivity contribution in [1.29, 1.82) is 0 Å². The van der Waals surface area contributed by atoms with Gasteiger partial charge in [0.2, 0.25) is 0 Å². The van der Waals surface area contributed by atoms with Gasteiger partial charge in [-0.2, -0.15) is 5.48 Å². The molecule has 0 spiro atoms. The maximum Gasteiger partial charge on any atom is 1.00 e. The standard InChI is InChI=1S/C5H12N2O2.Fe.Na.H/c1-2-5(8)9-7-4-3-6;;;/h7H,2-4,6H2,1H3;;;/q;;+1;-1. The van der Waals surface area contributed by atoms with Crippen LogP contribution in [0.3, 0.4) is 0 Å². The van der Waals surface area contributed by atoms with E-state index >= 15 is 0 Å². The van der Waals surface area contributed by atoms with Crippen molar-refractivity contribution < 1.29 is 57.7 Å². The minimum absolute atomic E-state index is 0. The van der Waals surface area contributed by atoms with Crippen LogP contribution < -0.4 is 40.8 Å². The molecule has 4 nitrogen and oxygen atoms in total. The molecule has 0 atom stereocenters. The van der Waals surface area contributed by atoms with Gasteiger partial charge in [-0.25, -0.2) is 0 Å². The van der Waals surface area contributed by atoms with Crippen LogP contribution in [0.5, 0.6) is 0 Å². The van der Waals surface area contributed by atoms with Crippen LogP contribution in [0.4, 0.5) is 0 Å². The number of nitrogens with two attached hydrogens (primary N) is 1. The third-order valence-corrected chi connectivity index (χ3v) is 0.721. The Morgan fingerprint density at radius 3 is 2.64 bits per heavy atom. The van der Waals surface area contributed by atoms with Gasteiger partial charge in [0.05, 0.1) is 0 Å². The monoisotopic (exact) mass is 212 g/mol. The second-order valence-corrected chi connectivity index (χ2v) is 1.51. The first-order chi connectivity index (χ1) is 4.31. The molecule has 0 rings (SSSR count). The van der Waals surface area contributed by atoms with Crippen LogP contribution in [0.2, 0.25) is 0 Å². The van der Waals surface area contributed by atoms with E-state index < -0.39 is 0 Å². The molecule has 11 heavy (non-hydrogen) atoms. The van der Waals surface area contributed by atoms with Gasteiger partial charge in [0.1, 0.15) is 0 Å². The Labute approximate surface area is 101 Å². The van der Waals surface area contributed by atoms with E-state index in [-0.39, 0.29) is 54.0 Å². The second-order valence-electron chi connectivity index (χ2n) is 1.51. The number of hydrogen-bond donors (Lipinski definition) is 2. The van der Waals surface area contributed by atoms with Crippen molar-refractivity contribution in [2.45, 2.75) is 13.3 Å². The average molecular weight is 212 g/mol. The molecule has 0 aromatic heterocycles. The van der Waals surface area contributed by atoms with Gasteiger partial charge in [0.25, 0.3) is 0 Å². The molecule has 0 amide bonds. The summed E-state index contributed by atoms with van der Waals surface area (Å²) in [7, 11) is 0. The Kier molecular flexibility index (Phi) is 21.9. The van der Waals surface area contributed by atoms with Gasteiger partial charge >= 0.3 is 35.5 Å². The van der Waals surface area contributed by atoms with Crippen LogP contribution in [0.15, 0.2) is 0 Å². The molecule has 0 bridgehead atoms. The maximum absolute atomic E-state index is 10.4. The molecule has 64 valence electrons. The Hall–Kier alpha value is 0.909. The molecule has 0 aliphatic carbocycles. The van der Waals surface area contributed by atoms with Crippen molar-refractivity contribution in [3.8, 4) is 0 Å². The van der Waals surface area contributed by atoms with E-state index in [9.17, 15) is 4.79 Å². The predicted molar refractivity (Wildman–Crippen MR) is 34.6 cm³/mol. The molecule has 0 aliphatic rings. The predicted octanol–water partition coefficient (Wildman–Crippen LogP) is -3.48. The van der Waals surface area contributed by atoms with Crippen LogP contribution >= 0.6 is 0 Å². The summed E-state index contributed by atoms with van der Waals surface area (Å²) >= 11 is 0. The number of carbonyl (C=O) groups excluding carboxylic acids is 1. The van der Waals surface area contributed by atoms with Crippen molar-refractivity contribution in [3.05, 3.63) is 0 Å². The van der Waals surface area contributed by atoms with Gasteiger partial charge in [0, 0.05) is 36.6 Å². The summed E-state index contributed by atoms with van der Waals surface area (Å²) in [6.45, 7) is 2.70. The summed E-state index contributed by atoms with van der Waals surface area (Å²) in [5, 5.41) is 0. The minimum atomic E-state index is -0.261. The summed E-state index contributed by atoms with van der Waals surface area (Å²) in [6.07, 6.45) is 0.386. The summed E-state index contributed by atoms with van der Waals surface area (Å²) in [6, 6.07) is 0. The van der Waals surface area contributed by atoms with Crippen molar-refractivity contribution in [1.82, 2.24) is 5.48 Å². The molecule has 0 aliphatic heterocycles. The van der Waals surface area contributed by atoms with Gasteiger partial charge < -0.3 is 12.0 Å². The van der Waals surface area contributed by atoms with Gasteiger partial charge in [-0.05, 0) is 0 Å². The van der Waals surface area contributed by atoms with Crippen LogP contribution in [-0.4, -0.2) is 19.1 Å². The Bertz CT molecular complexity index is 99.5. The maximum atomic E-state index is 10.4.